The maximum absolute atomic E-state index is 12.4. The summed E-state index contributed by atoms with van der Waals surface area (Å²) in [4.78, 5) is 26.1. The molecule has 2 fully saturated rings. The van der Waals surface area contributed by atoms with Crippen LogP contribution in [-0.2, 0) is 4.79 Å². The Balaban J connectivity index is 1.78. The molecule has 2 aliphatic rings. The summed E-state index contributed by atoms with van der Waals surface area (Å²) in [6, 6.07) is 9.72. The minimum atomic E-state index is -0.215. The molecule has 1 atom stereocenters. The maximum Gasteiger partial charge on any atom is 0.324 e. The SMILES string of the molecule is O=C1CCC(c2ccccc2)NC(=O)N1C1CCCC1. The van der Waals surface area contributed by atoms with E-state index in [0.29, 0.717) is 12.8 Å². The zero-order valence-corrected chi connectivity index (χ0v) is 11.5. The smallest absolute Gasteiger partial charge is 0.324 e. The molecule has 0 spiro atoms. The lowest BCUT2D eigenvalue weighted by Gasteiger charge is -2.26. The highest BCUT2D eigenvalue weighted by atomic mass is 16.2. The van der Waals surface area contributed by atoms with Gasteiger partial charge in [0.25, 0.3) is 0 Å². The Kier molecular flexibility index (Phi) is 3.72. The summed E-state index contributed by atoms with van der Waals surface area (Å²) in [5.41, 5.74) is 1.07. The molecule has 3 amide bonds. The molecular weight excluding hydrogens is 252 g/mol. The van der Waals surface area contributed by atoms with Crippen LogP contribution in [0.1, 0.15) is 50.1 Å². The summed E-state index contributed by atoms with van der Waals surface area (Å²) < 4.78 is 0. The summed E-state index contributed by atoms with van der Waals surface area (Å²) in [6.07, 6.45) is 5.25. The van der Waals surface area contributed by atoms with Gasteiger partial charge in [-0.2, -0.15) is 0 Å². The van der Waals surface area contributed by atoms with Gasteiger partial charge in [0.15, 0.2) is 0 Å². The standard InChI is InChI=1S/C16H20N2O2/c19-15-11-10-14(12-6-2-1-3-7-12)17-16(20)18(15)13-8-4-5-9-13/h1-3,6-7,13-14H,4-5,8-11H2,(H,17,20). The van der Waals surface area contributed by atoms with E-state index >= 15 is 0 Å². The van der Waals surface area contributed by atoms with Crippen LogP contribution in [0, 0.1) is 0 Å². The van der Waals surface area contributed by atoms with Crippen LogP contribution in [0.4, 0.5) is 4.79 Å². The monoisotopic (exact) mass is 272 g/mol. The number of carbonyl (C=O) groups excluding carboxylic acids is 2. The summed E-state index contributed by atoms with van der Waals surface area (Å²) in [5.74, 6) is -0.0205. The predicted molar refractivity (Wildman–Crippen MR) is 76.1 cm³/mol. The van der Waals surface area contributed by atoms with Crippen molar-refractivity contribution >= 4 is 11.9 Å². The number of nitrogens with zero attached hydrogens (tertiary/aromatic N) is 1. The average Bonchev–Trinajstić information content (AvgIpc) is 2.93. The Labute approximate surface area is 119 Å². The second-order valence-electron chi connectivity index (χ2n) is 5.65. The molecule has 1 aliphatic heterocycles. The first-order valence-electron chi connectivity index (χ1n) is 7.43. The van der Waals surface area contributed by atoms with Gasteiger partial charge in [-0.3, -0.25) is 9.69 Å². The average molecular weight is 272 g/mol. The zero-order chi connectivity index (χ0) is 13.9. The summed E-state index contributed by atoms with van der Waals surface area (Å²) in [5, 5.41) is 3.02. The third kappa shape index (κ3) is 2.55. The Morgan fingerprint density at radius 3 is 2.40 bits per heavy atom. The van der Waals surface area contributed by atoms with Gasteiger partial charge in [0.1, 0.15) is 0 Å². The van der Waals surface area contributed by atoms with Crippen molar-refractivity contribution in [2.45, 2.75) is 50.6 Å². The first-order valence-corrected chi connectivity index (χ1v) is 7.43. The Bertz CT molecular complexity index is 494. The fraction of sp³-hybridized carbons (Fsp3) is 0.500. The van der Waals surface area contributed by atoms with Gasteiger partial charge in [-0.25, -0.2) is 4.79 Å². The minimum absolute atomic E-state index is 0.0205. The van der Waals surface area contributed by atoms with Crippen LogP contribution in [0.25, 0.3) is 0 Å². The van der Waals surface area contributed by atoms with Gasteiger partial charge in [-0.15, -0.1) is 0 Å². The number of carbonyl (C=O) groups is 2. The van der Waals surface area contributed by atoms with Crippen molar-refractivity contribution in [1.82, 2.24) is 10.2 Å². The number of rotatable bonds is 2. The highest BCUT2D eigenvalue weighted by Gasteiger charge is 2.35. The van der Waals surface area contributed by atoms with E-state index < -0.39 is 0 Å². The summed E-state index contributed by atoms with van der Waals surface area (Å²) in [6.45, 7) is 0. The van der Waals surface area contributed by atoms with Gasteiger partial charge in [0, 0.05) is 12.5 Å². The molecule has 3 rings (SSSR count). The fourth-order valence-electron chi connectivity index (χ4n) is 3.26. The van der Waals surface area contributed by atoms with E-state index in [0.717, 1.165) is 31.2 Å². The molecular formula is C16H20N2O2. The number of benzene rings is 1. The molecule has 1 heterocycles. The van der Waals surface area contributed by atoms with E-state index in [1.54, 1.807) is 0 Å². The number of hydrogen-bond donors (Lipinski definition) is 1. The van der Waals surface area contributed by atoms with Crippen LogP contribution >= 0.6 is 0 Å². The lowest BCUT2D eigenvalue weighted by molar-refractivity contribution is -0.129. The van der Waals surface area contributed by atoms with Gasteiger partial charge in [0.2, 0.25) is 5.91 Å². The van der Waals surface area contributed by atoms with Gasteiger partial charge in [0.05, 0.1) is 6.04 Å². The Morgan fingerprint density at radius 2 is 1.70 bits per heavy atom. The van der Waals surface area contributed by atoms with Crippen LogP contribution in [0.15, 0.2) is 30.3 Å². The first kappa shape index (κ1) is 13.2. The van der Waals surface area contributed by atoms with E-state index in [1.165, 1.54) is 4.90 Å². The van der Waals surface area contributed by atoms with Gasteiger partial charge >= 0.3 is 6.03 Å². The molecule has 4 nitrogen and oxygen atoms in total. The van der Waals surface area contributed by atoms with Crippen LogP contribution in [-0.4, -0.2) is 22.9 Å². The van der Waals surface area contributed by atoms with Gasteiger partial charge < -0.3 is 5.32 Å². The van der Waals surface area contributed by atoms with Crippen molar-refractivity contribution in [3.8, 4) is 0 Å². The van der Waals surface area contributed by atoms with Crippen LogP contribution in [0.5, 0.6) is 0 Å². The molecule has 0 aromatic heterocycles. The largest absolute Gasteiger partial charge is 0.331 e. The molecule has 1 saturated carbocycles. The lowest BCUT2D eigenvalue weighted by Crippen LogP contribution is -2.47. The van der Waals surface area contributed by atoms with Gasteiger partial charge in [-0.1, -0.05) is 43.2 Å². The second-order valence-corrected chi connectivity index (χ2v) is 5.65. The molecule has 0 bridgehead atoms. The molecule has 4 heteroatoms. The third-order valence-electron chi connectivity index (χ3n) is 4.32. The number of nitrogens with one attached hydrogen (secondary N) is 1. The van der Waals surface area contributed by atoms with Gasteiger partial charge in [-0.05, 0) is 24.8 Å². The Morgan fingerprint density at radius 1 is 1.00 bits per heavy atom. The number of amides is 3. The minimum Gasteiger partial charge on any atom is -0.331 e. The number of imide groups is 1. The van der Waals surface area contributed by atoms with E-state index in [-0.39, 0.29) is 24.0 Å². The quantitative estimate of drug-likeness (QED) is 0.899. The molecule has 1 saturated heterocycles. The maximum atomic E-state index is 12.4. The third-order valence-corrected chi connectivity index (χ3v) is 4.32. The summed E-state index contributed by atoms with van der Waals surface area (Å²) in [7, 11) is 0. The molecule has 1 aromatic rings. The first-order chi connectivity index (χ1) is 9.75. The van der Waals surface area contributed by atoms with Crippen molar-refractivity contribution in [2.24, 2.45) is 0 Å². The van der Waals surface area contributed by atoms with Crippen LogP contribution < -0.4 is 5.32 Å². The lowest BCUT2D eigenvalue weighted by atomic mass is 10.0. The highest BCUT2D eigenvalue weighted by molar-refractivity contribution is 5.95. The molecule has 1 aliphatic carbocycles. The highest BCUT2D eigenvalue weighted by Crippen LogP contribution is 2.28. The van der Waals surface area contributed by atoms with Crippen molar-refractivity contribution in [1.29, 1.82) is 0 Å². The normalized spacial score (nSPS) is 24.6. The molecule has 1 N–H and O–H groups in total. The molecule has 20 heavy (non-hydrogen) atoms. The van der Waals surface area contributed by atoms with Crippen LogP contribution in [0.3, 0.4) is 0 Å². The molecule has 1 aromatic carbocycles. The molecule has 106 valence electrons. The van der Waals surface area contributed by atoms with E-state index in [2.05, 4.69) is 5.32 Å². The number of hydrogen-bond acceptors (Lipinski definition) is 2. The Hall–Kier alpha value is -1.84. The predicted octanol–water partition coefficient (Wildman–Crippen LogP) is 3.00. The molecule has 1 unspecified atom stereocenters. The van der Waals surface area contributed by atoms with Crippen molar-refractivity contribution in [3.63, 3.8) is 0 Å². The van der Waals surface area contributed by atoms with E-state index in [9.17, 15) is 9.59 Å². The second kappa shape index (κ2) is 5.65. The van der Waals surface area contributed by atoms with Crippen molar-refractivity contribution in [2.75, 3.05) is 0 Å². The number of urea groups is 1. The van der Waals surface area contributed by atoms with Crippen molar-refractivity contribution in [3.05, 3.63) is 35.9 Å². The van der Waals surface area contributed by atoms with Crippen LogP contribution in [0.2, 0.25) is 0 Å². The van der Waals surface area contributed by atoms with E-state index in [1.807, 2.05) is 30.3 Å². The fourth-order valence-corrected chi connectivity index (χ4v) is 3.26. The summed E-state index contributed by atoms with van der Waals surface area (Å²) >= 11 is 0. The van der Waals surface area contributed by atoms with E-state index in [4.69, 9.17) is 0 Å². The molecule has 0 radical (unpaired) electrons. The zero-order valence-electron chi connectivity index (χ0n) is 11.5. The van der Waals surface area contributed by atoms with Crippen molar-refractivity contribution < 1.29 is 9.59 Å². The topological polar surface area (TPSA) is 49.4 Å².